The predicted octanol–water partition coefficient (Wildman–Crippen LogP) is 3.87. The number of carbonyl (C=O) groups excluding carboxylic acids is 1. The molecule has 1 aromatic carbocycles. The van der Waals surface area contributed by atoms with Gasteiger partial charge in [-0.05, 0) is 57.2 Å². The highest BCUT2D eigenvalue weighted by molar-refractivity contribution is 8.00. The topological polar surface area (TPSA) is 79.4 Å². The SMILES string of the molecule is CC(CCc1ccccc1)NC(=O)C(C)Sc1ccc(S(=O)(=O)N2CCCCC2)cn1. The van der Waals surface area contributed by atoms with Crippen molar-refractivity contribution >= 4 is 27.7 Å². The third-order valence-electron chi connectivity index (χ3n) is 5.43. The van der Waals surface area contributed by atoms with E-state index in [1.165, 1.54) is 27.8 Å². The molecule has 3 rings (SSSR count). The van der Waals surface area contributed by atoms with Crippen molar-refractivity contribution in [2.45, 2.75) is 67.2 Å². The Bertz CT molecular complexity index is 944. The smallest absolute Gasteiger partial charge is 0.244 e. The molecular weight excluding hydrogens is 430 g/mol. The predicted molar refractivity (Wildman–Crippen MR) is 125 cm³/mol. The Morgan fingerprint density at radius 2 is 1.81 bits per heavy atom. The molecule has 168 valence electrons. The lowest BCUT2D eigenvalue weighted by Gasteiger charge is -2.25. The number of hydrogen-bond acceptors (Lipinski definition) is 5. The van der Waals surface area contributed by atoms with Crippen LogP contribution in [0.3, 0.4) is 0 Å². The summed E-state index contributed by atoms with van der Waals surface area (Å²) in [5, 5.41) is 3.37. The number of amides is 1. The molecule has 0 spiro atoms. The Hall–Kier alpha value is -1.90. The number of aromatic nitrogens is 1. The number of nitrogens with one attached hydrogen (secondary N) is 1. The van der Waals surface area contributed by atoms with Crippen LogP contribution in [0.5, 0.6) is 0 Å². The maximum Gasteiger partial charge on any atom is 0.244 e. The summed E-state index contributed by atoms with van der Waals surface area (Å²) >= 11 is 1.33. The van der Waals surface area contributed by atoms with Crippen molar-refractivity contribution in [3.8, 4) is 0 Å². The zero-order valence-electron chi connectivity index (χ0n) is 18.2. The molecular formula is C23H31N3O3S2. The summed E-state index contributed by atoms with van der Waals surface area (Å²) in [5.41, 5.74) is 1.26. The summed E-state index contributed by atoms with van der Waals surface area (Å²) in [4.78, 5) is 17.0. The number of nitrogens with zero attached hydrogens (tertiary/aromatic N) is 2. The van der Waals surface area contributed by atoms with E-state index in [1.54, 1.807) is 12.1 Å². The van der Waals surface area contributed by atoms with Gasteiger partial charge in [0, 0.05) is 25.3 Å². The fourth-order valence-corrected chi connectivity index (χ4v) is 5.80. The molecule has 2 atom stereocenters. The van der Waals surface area contributed by atoms with Gasteiger partial charge >= 0.3 is 0 Å². The molecule has 8 heteroatoms. The number of hydrogen-bond donors (Lipinski definition) is 1. The minimum Gasteiger partial charge on any atom is -0.353 e. The van der Waals surface area contributed by atoms with Gasteiger partial charge in [-0.1, -0.05) is 48.5 Å². The van der Waals surface area contributed by atoms with E-state index in [0.717, 1.165) is 32.1 Å². The lowest BCUT2D eigenvalue weighted by Crippen LogP contribution is -2.37. The summed E-state index contributed by atoms with van der Waals surface area (Å²) in [7, 11) is -3.49. The fraction of sp³-hybridized carbons (Fsp3) is 0.478. The second-order valence-electron chi connectivity index (χ2n) is 7.99. The van der Waals surface area contributed by atoms with Crippen LogP contribution in [0.25, 0.3) is 0 Å². The highest BCUT2D eigenvalue weighted by Gasteiger charge is 2.26. The fourth-order valence-electron chi connectivity index (χ4n) is 3.54. The van der Waals surface area contributed by atoms with E-state index in [4.69, 9.17) is 0 Å². The largest absolute Gasteiger partial charge is 0.353 e. The lowest BCUT2D eigenvalue weighted by molar-refractivity contribution is -0.120. The van der Waals surface area contributed by atoms with E-state index in [2.05, 4.69) is 22.4 Å². The van der Waals surface area contributed by atoms with Gasteiger partial charge < -0.3 is 5.32 Å². The van der Waals surface area contributed by atoms with Crippen molar-refractivity contribution in [1.82, 2.24) is 14.6 Å². The van der Waals surface area contributed by atoms with Crippen LogP contribution >= 0.6 is 11.8 Å². The van der Waals surface area contributed by atoms with Crippen molar-refractivity contribution < 1.29 is 13.2 Å². The third-order valence-corrected chi connectivity index (χ3v) is 8.36. The van der Waals surface area contributed by atoms with E-state index in [-0.39, 0.29) is 22.1 Å². The molecule has 1 saturated heterocycles. The van der Waals surface area contributed by atoms with Gasteiger partial charge in [0.15, 0.2) is 0 Å². The Balaban J connectivity index is 1.50. The minimum absolute atomic E-state index is 0.0441. The highest BCUT2D eigenvalue weighted by Crippen LogP contribution is 2.25. The third kappa shape index (κ3) is 6.79. The van der Waals surface area contributed by atoms with Crippen molar-refractivity contribution in [1.29, 1.82) is 0 Å². The number of pyridine rings is 1. The van der Waals surface area contributed by atoms with Crippen LogP contribution in [-0.2, 0) is 21.2 Å². The van der Waals surface area contributed by atoms with Crippen LogP contribution in [0.4, 0.5) is 0 Å². The van der Waals surface area contributed by atoms with Crippen LogP contribution in [0.15, 0.2) is 58.6 Å². The molecule has 1 aliphatic rings. The van der Waals surface area contributed by atoms with Crippen molar-refractivity contribution in [2.24, 2.45) is 0 Å². The maximum atomic E-state index is 12.7. The molecule has 2 unspecified atom stereocenters. The summed E-state index contributed by atoms with van der Waals surface area (Å²) < 4.78 is 27.0. The first-order valence-electron chi connectivity index (χ1n) is 10.8. The average molecular weight is 462 g/mol. The first kappa shape index (κ1) is 23.8. The van der Waals surface area contributed by atoms with Gasteiger partial charge in [-0.25, -0.2) is 13.4 Å². The van der Waals surface area contributed by atoms with Crippen LogP contribution in [0, 0.1) is 0 Å². The van der Waals surface area contributed by atoms with Crippen molar-refractivity contribution in [3.05, 3.63) is 54.2 Å². The minimum atomic E-state index is -3.49. The van der Waals surface area contributed by atoms with E-state index < -0.39 is 10.0 Å². The van der Waals surface area contributed by atoms with Crippen LogP contribution in [0.1, 0.15) is 45.1 Å². The molecule has 31 heavy (non-hydrogen) atoms. The number of carbonyl (C=O) groups is 1. The van der Waals surface area contributed by atoms with E-state index in [9.17, 15) is 13.2 Å². The quantitative estimate of drug-likeness (QED) is 0.574. The van der Waals surface area contributed by atoms with Gasteiger partial charge in [0.05, 0.1) is 10.3 Å². The normalized spacial score (nSPS) is 17.1. The molecule has 0 saturated carbocycles. The van der Waals surface area contributed by atoms with Crippen molar-refractivity contribution in [2.75, 3.05) is 13.1 Å². The number of sulfonamides is 1. The van der Waals surface area contributed by atoms with Gasteiger partial charge in [0.25, 0.3) is 0 Å². The number of thioether (sulfide) groups is 1. The van der Waals surface area contributed by atoms with Gasteiger partial charge in [0.1, 0.15) is 4.90 Å². The van der Waals surface area contributed by atoms with Crippen LogP contribution in [-0.4, -0.2) is 48.0 Å². The molecule has 0 radical (unpaired) electrons. The highest BCUT2D eigenvalue weighted by atomic mass is 32.2. The molecule has 0 bridgehead atoms. The Kier molecular flexibility index (Phi) is 8.51. The van der Waals surface area contributed by atoms with Gasteiger partial charge in [-0.15, -0.1) is 0 Å². The summed E-state index contributed by atoms with van der Waals surface area (Å²) in [6.45, 7) is 4.98. The second-order valence-corrected chi connectivity index (χ2v) is 11.3. The van der Waals surface area contributed by atoms with Gasteiger partial charge in [-0.3, -0.25) is 4.79 Å². The first-order valence-corrected chi connectivity index (χ1v) is 13.2. The molecule has 2 aromatic rings. The van der Waals surface area contributed by atoms with Crippen molar-refractivity contribution in [3.63, 3.8) is 0 Å². The number of rotatable bonds is 9. The lowest BCUT2D eigenvalue weighted by atomic mass is 10.1. The zero-order valence-corrected chi connectivity index (χ0v) is 19.8. The van der Waals surface area contributed by atoms with Gasteiger partial charge in [-0.2, -0.15) is 4.31 Å². The molecule has 0 aliphatic carbocycles. The standard InChI is InChI=1S/C23H31N3O3S2/c1-18(11-12-20-9-5-3-6-10-20)25-23(27)19(2)30-22-14-13-21(17-24-22)31(28,29)26-15-7-4-8-16-26/h3,5-6,9-10,13-14,17-19H,4,7-8,11-12,15-16H2,1-2H3,(H,25,27). The summed E-state index contributed by atoms with van der Waals surface area (Å²) in [6, 6.07) is 13.6. The summed E-state index contributed by atoms with van der Waals surface area (Å²) in [6.07, 6.45) is 6.06. The van der Waals surface area contributed by atoms with Gasteiger partial charge in [0.2, 0.25) is 15.9 Å². The van der Waals surface area contributed by atoms with E-state index in [1.807, 2.05) is 32.0 Å². The zero-order chi connectivity index (χ0) is 22.3. The Labute approximate surface area is 189 Å². The molecule has 1 aromatic heterocycles. The summed E-state index contributed by atoms with van der Waals surface area (Å²) in [5.74, 6) is -0.0441. The maximum absolute atomic E-state index is 12.7. The van der Waals surface area contributed by atoms with E-state index >= 15 is 0 Å². The number of piperidine rings is 1. The molecule has 1 aliphatic heterocycles. The average Bonchev–Trinajstić information content (AvgIpc) is 2.79. The molecule has 1 fully saturated rings. The van der Waals surface area contributed by atoms with Crippen LogP contribution in [0.2, 0.25) is 0 Å². The van der Waals surface area contributed by atoms with Crippen LogP contribution < -0.4 is 5.32 Å². The van der Waals surface area contributed by atoms with E-state index in [0.29, 0.717) is 18.1 Å². The Morgan fingerprint density at radius 3 is 2.45 bits per heavy atom. The monoisotopic (exact) mass is 461 g/mol. The molecule has 1 amide bonds. The number of benzene rings is 1. The molecule has 1 N–H and O–H groups in total. The second kappa shape index (κ2) is 11.1. The molecule has 6 nitrogen and oxygen atoms in total. The molecule has 2 heterocycles. The Morgan fingerprint density at radius 1 is 1.10 bits per heavy atom. The first-order chi connectivity index (χ1) is 14.9. The number of aryl methyl sites for hydroxylation is 1.